The molecule has 2 aromatic rings. The van der Waals surface area contributed by atoms with Gasteiger partial charge in [-0.3, -0.25) is 4.79 Å². The molecule has 0 spiro atoms. The summed E-state index contributed by atoms with van der Waals surface area (Å²) in [6, 6.07) is 12.4. The first-order chi connectivity index (χ1) is 12.5. The van der Waals surface area contributed by atoms with Crippen molar-refractivity contribution in [2.75, 3.05) is 0 Å². The second kappa shape index (κ2) is 8.32. The molecule has 26 heavy (non-hydrogen) atoms. The molecule has 2 aromatic carbocycles. The lowest BCUT2D eigenvalue weighted by Crippen LogP contribution is -2.34. The van der Waals surface area contributed by atoms with E-state index in [1.807, 2.05) is 19.1 Å². The van der Waals surface area contributed by atoms with Gasteiger partial charge in [0.2, 0.25) is 0 Å². The molecule has 1 aliphatic rings. The summed E-state index contributed by atoms with van der Waals surface area (Å²) in [6.07, 6.45) is 3.30. The Morgan fingerprint density at radius 1 is 1.15 bits per heavy atom. The summed E-state index contributed by atoms with van der Waals surface area (Å²) in [5, 5.41) is 12.6. The molecule has 1 fully saturated rings. The van der Waals surface area contributed by atoms with Gasteiger partial charge < -0.3 is 15.2 Å². The molecule has 0 unspecified atom stereocenters. The van der Waals surface area contributed by atoms with Gasteiger partial charge in [-0.1, -0.05) is 12.1 Å². The number of aliphatic carboxylic acids is 1. The summed E-state index contributed by atoms with van der Waals surface area (Å²) in [5.41, 5.74) is 2.18. The molecule has 3 rings (SSSR count). The zero-order chi connectivity index (χ0) is 18.5. The quantitative estimate of drug-likeness (QED) is 0.789. The van der Waals surface area contributed by atoms with Crippen LogP contribution in [0.5, 0.6) is 11.5 Å². The minimum atomic E-state index is -0.671. The smallest absolute Gasteiger partial charge is 0.306 e. The number of nitrogens with one attached hydrogen (secondary N) is 1. The van der Waals surface area contributed by atoms with E-state index in [9.17, 15) is 9.18 Å². The number of benzene rings is 2. The van der Waals surface area contributed by atoms with E-state index in [0.29, 0.717) is 11.8 Å². The van der Waals surface area contributed by atoms with E-state index in [1.54, 1.807) is 12.1 Å². The molecule has 0 saturated heterocycles. The van der Waals surface area contributed by atoms with Crippen molar-refractivity contribution in [1.29, 1.82) is 0 Å². The van der Waals surface area contributed by atoms with Gasteiger partial charge in [-0.05, 0) is 74.1 Å². The minimum absolute atomic E-state index is 0.182. The van der Waals surface area contributed by atoms with E-state index in [4.69, 9.17) is 9.84 Å². The molecule has 0 radical (unpaired) electrons. The molecule has 0 amide bonds. The summed E-state index contributed by atoms with van der Waals surface area (Å²) in [7, 11) is 0. The number of rotatable bonds is 6. The van der Waals surface area contributed by atoms with Gasteiger partial charge >= 0.3 is 5.97 Å². The van der Waals surface area contributed by atoms with Crippen molar-refractivity contribution in [2.45, 2.75) is 45.2 Å². The van der Waals surface area contributed by atoms with E-state index in [1.165, 1.54) is 12.1 Å². The van der Waals surface area contributed by atoms with Crippen LogP contribution in [0.25, 0.3) is 0 Å². The lowest BCUT2D eigenvalue weighted by atomic mass is 9.86. The highest BCUT2D eigenvalue weighted by Gasteiger charge is 2.25. The Morgan fingerprint density at radius 3 is 2.46 bits per heavy atom. The van der Waals surface area contributed by atoms with Crippen LogP contribution in [0.4, 0.5) is 4.39 Å². The average molecular weight is 357 g/mol. The first-order valence-corrected chi connectivity index (χ1v) is 9.00. The fourth-order valence-electron chi connectivity index (χ4n) is 3.37. The molecule has 0 aromatic heterocycles. The maximum absolute atomic E-state index is 13.0. The van der Waals surface area contributed by atoms with E-state index in [2.05, 4.69) is 11.4 Å². The van der Waals surface area contributed by atoms with Crippen LogP contribution in [0, 0.1) is 18.7 Å². The summed E-state index contributed by atoms with van der Waals surface area (Å²) in [5.74, 6) is 0.222. The van der Waals surface area contributed by atoms with Gasteiger partial charge in [0.1, 0.15) is 17.3 Å². The van der Waals surface area contributed by atoms with Crippen LogP contribution in [-0.4, -0.2) is 17.1 Å². The highest BCUT2D eigenvalue weighted by atomic mass is 19.1. The molecule has 5 heteroatoms. The van der Waals surface area contributed by atoms with E-state index in [0.717, 1.165) is 49.1 Å². The second-order valence-corrected chi connectivity index (χ2v) is 6.92. The molecule has 0 atom stereocenters. The second-order valence-electron chi connectivity index (χ2n) is 6.92. The van der Waals surface area contributed by atoms with Crippen LogP contribution in [0.2, 0.25) is 0 Å². The zero-order valence-corrected chi connectivity index (χ0v) is 14.9. The first kappa shape index (κ1) is 18.4. The Kier molecular flexibility index (Phi) is 5.89. The fourth-order valence-corrected chi connectivity index (χ4v) is 3.37. The zero-order valence-electron chi connectivity index (χ0n) is 14.9. The van der Waals surface area contributed by atoms with Gasteiger partial charge in [-0.25, -0.2) is 4.39 Å². The lowest BCUT2D eigenvalue weighted by molar-refractivity contribution is -0.142. The molecule has 1 aliphatic carbocycles. The van der Waals surface area contributed by atoms with Crippen molar-refractivity contribution in [3.8, 4) is 11.5 Å². The molecule has 0 aliphatic heterocycles. The standard InChI is InChI=1S/C21H24FNO3/c1-14-12-15(13-23-18-7-3-16(4-8-18)21(24)25)2-11-20(14)26-19-9-5-17(22)6-10-19/h2,5-6,9-12,16,18,23H,3-4,7-8,13H2,1H3,(H,24,25). The predicted octanol–water partition coefficient (Wildman–Crippen LogP) is 4.66. The van der Waals surface area contributed by atoms with Crippen molar-refractivity contribution in [2.24, 2.45) is 5.92 Å². The number of halogens is 1. The van der Waals surface area contributed by atoms with Gasteiger partial charge in [-0.15, -0.1) is 0 Å². The van der Waals surface area contributed by atoms with Crippen LogP contribution >= 0.6 is 0 Å². The van der Waals surface area contributed by atoms with Gasteiger partial charge in [0.15, 0.2) is 0 Å². The summed E-state index contributed by atoms with van der Waals surface area (Å²) in [4.78, 5) is 11.0. The highest BCUT2D eigenvalue weighted by molar-refractivity contribution is 5.70. The topological polar surface area (TPSA) is 58.6 Å². The Bertz CT molecular complexity index is 752. The SMILES string of the molecule is Cc1cc(CNC2CCC(C(=O)O)CC2)ccc1Oc1ccc(F)cc1. The van der Waals surface area contributed by atoms with Gasteiger partial charge in [0, 0.05) is 12.6 Å². The predicted molar refractivity (Wildman–Crippen MR) is 97.9 cm³/mol. The Morgan fingerprint density at radius 2 is 1.85 bits per heavy atom. The molecule has 0 heterocycles. The maximum atomic E-state index is 13.0. The number of carbonyl (C=O) groups is 1. The molecule has 138 valence electrons. The molecular weight excluding hydrogens is 333 g/mol. The number of hydrogen-bond donors (Lipinski definition) is 2. The number of carboxylic acids is 1. The third kappa shape index (κ3) is 4.82. The van der Waals surface area contributed by atoms with Crippen LogP contribution in [-0.2, 0) is 11.3 Å². The first-order valence-electron chi connectivity index (χ1n) is 9.00. The van der Waals surface area contributed by atoms with E-state index < -0.39 is 5.97 Å². The third-order valence-electron chi connectivity index (χ3n) is 4.95. The van der Waals surface area contributed by atoms with Crippen LogP contribution in [0.15, 0.2) is 42.5 Å². The maximum Gasteiger partial charge on any atom is 0.306 e. The van der Waals surface area contributed by atoms with Crippen LogP contribution in [0.1, 0.15) is 36.8 Å². The average Bonchev–Trinajstić information content (AvgIpc) is 2.64. The number of carboxylic acid groups (broad SMARTS) is 1. The van der Waals surface area contributed by atoms with Crippen molar-refractivity contribution in [1.82, 2.24) is 5.32 Å². The van der Waals surface area contributed by atoms with Crippen molar-refractivity contribution in [3.05, 3.63) is 59.4 Å². The van der Waals surface area contributed by atoms with Crippen molar-refractivity contribution in [3.63, 3.8) is 0 Å². The number of ether oxygens (including phenoxy) is 1. The number of hydrogen-bond acceptors (Lipinski definition) is 3. The van der Waals surface area contributed by atoms with Gasteiger partial charge in [-0.2, -0.15) is 0 Å². The van der Waals surface area contributed by atoms with Gasteiger partial charge in [0.05, 0.1) is 5.92 Å². The van der Waals surface area contributed by atoms with Crippen LogP contribution in [0.3, 0.4) is 0 Å². The van der Waals surface area contributed by atoms with Crippen LogP contribution < -0.4 is 10.1 Å². The largest absolute Gasteiger partial charge is 0.481 e. The molecule has 1 saturated carbocycles. The fraction of sp³-hybridized carbons (Fsp3) is 0.381. The molecule has 2 N–H and O–H groups in total. The van der Waals surface area contributed by atoms with E-state index in [-0.39, 0.29) is 11.7 Å². The van der Waals surface area contributed by atoms with E-state index >= 15 is 0 Å². The summed E-state index contributed by atoms with van der Waals surface area (Å²) < 4.78 is 18.8. The molecule has 4 nitrogen and oxygen atoms in total. The summed E-state index contributed by atoms with van der Waals surface area (Å²) in [6.45, 7) is 2.74. The van der Waals surface area contributed by atoms with Gasteiger partial charge in [0.25, 0.3) is 0 Å². The third-order valence-corrected chi connectivity index (χ3v) is 4.95. The summed E-state index contributed by atoms with van der Waals surface area (Å²) >= 11 is 0. The Hall–Kier alpha value is -2.40. The Labute approximate surface area is 153 Å². The minimum Gasteiger partial charge on any atom is -0.481 e. The lowest BCUT2D eigenvalue weighted by Gasteiger charge is -2.27. The molecule has 0 bridgehead atoms. The number of aryl methyl sites for hydroxylation is 1. The normalized spacial score (nSPS) is 19.9. The monoisotopic (exact) mass is 357 g/mol. The Balaban J connectivity index is 1.53. The van der Waals surface area contributed by atoms with Crippen molar-refractivity contribution < 1.29 is 19.0 Å². The van der Waals surface area contributed by atoms with Crippen molar-refractivity contribution >= 4 is 5.97 Å². The molecular formula is C21H24FNO3. The highest BCUT2D eigenvalue weighted by Crippen LogP contribution is 2.27.